The quantitative estimate of drug-likeness (QED) is 0.638. The van der Waals surface area contributed by atoms with Crippen LogP contribution in [0.15, 0.2) is 36.7 Å². The van der Waals surface area contributed by atoms with Crippen LogP contribution < -0.4 is 10.6 Å². The molecule has 0 radical (unpaired) electrons. The second-order valence-corrected chi connectivity index (χ2v) is 9.32. The van der Waals surface area contributed by atoms with E-state index in [1.807, 2.05) is 24.3 Å². The van der Waals surface area contributed by atoms with Gasteiger partial charge in [-0.25, -0.2) is 9.97 Å². The molecule has 3 N–H and O–H groups in total. The molecule has 1 aromatic heterocycles. The maximum Gasteiger partial charge on any atom is 0.268 e. The van der Waals surface area contributed by atoms with Crippen LogP contribution in [0.25, 0.3) is 0 Å². The van der Waals surface area contributed by atoms with Gasteiger partial charge in [0.25, 0.3) is 5.91 Å². The Morgan fingerprint density at radius 2 is 1.88 bits per heavy atom. The second kappa shape index (κ2) is 10.8. The van der Waals surface area contributed by atoms with E-state index in [0.29, 0.717) is 17.1 Å². The molecule has 0 spiro atoms. The highest BCUT2D eigenvalue weighted by atomic mass is 35.5. The Morgan fingerprint density at radius 3 is 2.45 bits per heavy atom. The number of hydrogen-bond acceptors (Lipinski definition) is 7. The van der Waals surface area contributed by atoms with Crippen LogP contribution >= 0.6 is 11.6 Å². The van der Waals surface area contributed by atoms with Crippen LogP contribution in [0.2, 0.25) is 5.02 Å². The largest absolute Gasteiger partial charge is 0.394 e. The van der Waals surface area contributed by atoms with Crippen LogP contribution in [0.1, 0.15) is 48.3 Å². The molecule has 2 aliphatic heterocycles. The number of aromatic nitrogens is 2. The number of aliphatic hydroxyl groups excluding tert-OH is 1. The van der Waals surface area contributed by atoms with Gasteiger partial charge >= 0.3 is 0 Å². The molecule has 33 heavy (non-hydrogen) atoms. The van der Waals surface area contributed by atoms with Crippen molar-refractivity contribution in [3.63, 3.8) is 0 Å². The highest BCUT2D eigenvalue weighted by Crippen LogP contribution is 2.29. The third kappa shape index (κ3) is 5.46. The van der Waals surface area contributed by atoms with Gasteiger partial charge in [-0.2, -0.15) is 0 Å². The first-order chi connectivity index (χ1) is 16.0. The van der Waals surface area contributed by atoms with Crippen LogP contribution in [0.5, 0.6) is 0 Å². The second-order valence-electron chi connectivity index (χ2n) is 8.89. The van der Waals surface area contributed by atoms with Crippen LogP contribution in [-0.4, -0.2) is 82.2 Å². The molecule has 9 heteroatoms. The fraction of sp³-hybridized carbons (Fsp3) is 0.542. The number of amides is 1. The lowest BCUT2D eigenvalue weighted by molar-refractivity contribution is 0.0356. The van der Waals surface area contributed by atoms with Crippen molar-refractivity contribution in [3.05, 3.63) is 52.9 Å². The Morgan fingerprint density at radius 1 is 1.15 bits per heavy atom. The first-order valence-electron chi connectivity index (χ1n) is 11.7. The summed E-state index contributed by atoms with van der Waals surface area (Å²) >= 11 is 6.04. The van der Waals surface area contributed by atoms with E-state index in [2.05, 4.69) is 31.6 Å². The van der Waals surface area contributed by atoms with Crippen molar-refractivity contribution in [1.82, 2.24) is 19.8 Å². The van der Waals surface area contributed by atoms with Gasteiger partial charge in [0, 0.05) is 49.8 Å². The Balaban J connectivity index is 1.35. The summed E-state index contributed by atoms with van der Waals surface area (Å²) < 4.78 is 0. The third-order valence-corrected chi connectivity index (χ3v) is 7.30. The molecule has 8 nitrogen and oxygen atoms in total. The predicted molar refractivity (Wildman–Crippen MR) is 129 cm³/mol. The number of benzene rings is 1. The summed E-state index contributed by atoms with van der Waals surface area (Å²) in [6, 6.07) is 8.82. The van der Waals surface area contributed by atoms with E-state index in [-0.39, 0.29) is 18.3 Å². The summed E-state index contributed by atoms with van der Waals surface area (Å²) in [5, 5.41) is 10.8. The summed E-state index contributed by atoms with van der Waals surface area (Å²) in [5.41, 5.74) is 6.58. The zero-order valence-electron chi connectivity index (χ0n) is 19.1. The summed E-state index contributed by atoms with van der Waals surface area (Å²) in [4.78, 5) is 27.1. The molecule has 1 aromatic carbocycles. The molecule has 0 bridgehead atoms. The van der Waals surface area contributed by atoms with Crippen LogP contribution in [0.4, 0.5) is 5.82 Å². The van der Waals surface area contributed by atoms with Crippen molar-refractivity contribution in [2.45, 2.75) is 44.3 Å². The van der Waals surface area contributed by atoms with Crippen molar-refractivity contribution in [2.75, 3.05) is 44.2 Å². The molecule has 0 unspecified atom stereocenters. The average Bonchev–Trinajstić information content (AvgIpc) is 2.86. The molecular formula is C24H33ClN6O2. The zero-order valence-corrected chi connectivity index (χ0v) is 19.9. The van der Waals surface area contributed by atoms with Crippen molar-refractivity contribution in [1.29, 1.82) is 0 Å². The molecule has 178 valence electrons. The van der Waals surface area contributed by atoms with Crippen molar-refractivity contribution < 1.29 is 9.90 Å². The fourth-order valence-electron chi connectivity index (χ4n) is 5.18. The number of aliphatic hydroxyl groups is 1. The number of nitrogens with zero attached hydrogens (tertiary/aromatic N) is 5. The van der Waals surface area contributed by atoms with Crippen LogP contribution in [0, 0.1) is 0 Å². The highest BCUT2D eigenvalue weighted by molar-refractivity contribution is 6.30. The molecule has 0 saturated carbocycles. The van der Waals surface area contributed by atoms with Crippen LogP contribution in [-0.2, 0) is 0 Å². The smallest absolute Gasteiger partial charge is 0.268 e. The highest BCUT2D eigenvalue weighted by Gasteiger charge is 2.35. The molecule has 2 aliphatic rings. The van der Waals surface area contributed by atoms with Crippen molar-refractivity contribution in [3.8, 4) is 0 Å². The van der Waals surface area contributed by atoms with Gasteiger partial charge in [0.15, 0.2) is 0 Å². The minimum atomic E-state index is -0.559. The normalized spacial score (nSPS) is 21.8. The Labute approximate surface area is 200 Å². The van der Waals surface area contributed by atoms with E-state index in [4.69, 9.17) is 17.3 Å². The first kappa shape index (κ1) is 23.9. The fourth-order valence-corrected chi connectivity index (χ4v) is 5.31. The first-order valence-corrected chi connectivity index (χ1v) is 12.1. The number of anilines is 1. The number of nitrogens with two attached hydrogens (primary N) is 1. The minimum absolute atomic E-state index is 0.0176. The number of likely N-dealkylation sites (tertiary alicyclic amines) is 1. The van der Waals surface area contributed by atoms with E-state index >= 15 is 0 Å². The summed E-state index contributed by atoms with van der Waals surface area (Å²) in [7, 11) is 0. The Bertz CT molecular complexity index is 918. The number of carbonyl (C=O) groups excluding carboxylic acids is 1. The lowest BCUT2D eigenvalue weighted by Gasteiger charge is -2.48. The van der Waals surface area contributed by atoms with E-state index in [1.165, 1.54) is 6.20 Å². The monoisotopic (exact) mass is 472 g/mol. The molecule has 1 amide bonds. The maximum atomic E-state index is 11.3. The Kier molecular flexibility index (Phi) is 7.80. The number of primary amides is 1. The molecule has 0 aliphatic carbocycles. The van der Waals surface area contributed by atoms with Crippen molar-refractivity contribution >= 4 is 23.3 Å². The molecule has 4 rings (SSSR count). The van der Waals surface area contributed by atoms with Crippen molar-refractivity contribution in [2.24, 2.45) is 5.73 Å². The molecular weight excluding hydrogens is 440 g/mol. The molecule has 2 aromatic rings. The number of carbonyl (C=O) groups is 1. The average molecular weight is 473 g/mol. The number of rotatable bonds is 7. The summed E-state index contributed by atoms with van der Waals surface area (Å²) in [6.45, 7) is 7.03. The standard InChI is InChI=1S/C24H33ClN6O2/c1-2-19-15-30(23-14-27-21(13-28-23)24(26)33)11-12-31(19)20-7-9-29(10-8-20)22(16-32)17-3-5-18(25)6-4-17/h3-6,13-14,19-20,22,32H,2,7-12,15-16H2,1H3,(H2,26,33)/t19-,22-/m0/s1. The molecule has 2 fully saturated rings. The van der Waals surface area contributed by atoms with Gasteiger partial charge in [-0.1, -0.05) is 30.7 Å². The molecule has 2 saturated heterocycles. The maximum absolute atomic E-state index is 11.3. The number of piperazine rings is 1. The van der Waals surface area contributed by atoms with Gasteiger partial charge in [0.2, 0.25) is 0 Å². The van der Waals surface area contributed by atoms with Gasteiger partial charge in [-0.05, 0) is 37.0 Å². The summed E-state index contributed by atoms with van der Waals surface area (Å²) in [5.74, 6) is 0.234. The summed E-state index contributed by atoms with van der Waals surface area (Å²) in [6.07, 6.45) is 6.35. The minimum Gasteiger partial charge on any atom is -0.394 e. The van der Waals surface area contributed by atoms with Gasteiger partial charge in [-0.15, -0.1) is 0 Å². The third-order valence-electron chi connectivity index (χ3n) is 7.05. The van der Waals surface area contributed by atoms with E-state index in [1.54, 1.807) is 6.20 Å². The van der Waals surface area contributed by atoms with Crippen LogP contribution in [0.3, 0.4) is 0 Å². The number of hydrogen-bond donors (Lipinski definition) is 2. The zero-order chi connectivity index (χ0) is 23.4. The molecule has 2 atom stereocenters. The van der Waals surface area contributed by atoms with E-state index in [9.17, 15) is 9.90 Å². The topological polar surface area (TPSA) is 98.8 Å². The number of halogens is 1. The van der Waals surface area contributed by atoms with Gasteiger partial charge in [-0.3, -0.25) is 14.6 Å². The number of piperidine rings is 1. The SMILES string of the molecule is CC[C@H]1CN(c2cnc(C(N)=O)cn2)CCN1C1CCN([C@@H](CO)c2ccc(Cl)cc2)CC1. The Hall–Kier alpha value is -2.26. The lowest BCUT2D eigenvalue weighted by atomic mass is 9.96. The molecule has 3 heterocycles. The van der Waals surface area contributed by atoms with Gasteiger partial charge in [0.1, 0.15) is 11.5 Å². The predicted octanol–water partition coefficient (Wildman–Crippen LogP) is 2.33. The van der Waals surface area contributed by atoms with Gasteiger partial charge < -0.3 is 15.7 Å². The van der Waals surface area contributed by atoms with E-state index in [0.717, 1.165) is 63.4 Å². The lowest BCUT2D eigenvalue weighted by Crippen LogP contribution is -2.58. The van der Waals surface area contributed by atoms with E-state index < -0.39 is 5.91 Å². The van der Waals surface area contributed by atoms with Gasteiger partial charge in [0.05, 0.1) is 25.0 Å².